The molecule has 2 rings (SSSR count). The number of hydrogen-bond donors (Lipinski definition) is 1. The van der Waals surface area contributed by atoms with E-state index in [-0.39, 0.29) is 19.2 Å². The fraction of sp³-hybridized carbons (Fsp3) is 0.500. The molecule has 6 nitrogen and oxygen atoms in total. The summed E-state index contributed by atoms with van der Waals surface area (Å²) < 4.78 is 6.10. The molecule has 0 spiro atoms. The van der Waals surface area contributed by atoms with Crippen LogP contribution in [-0.2, 0) is 16.1 Å². The topological polar surface area (TPSA) is 70.1 Å². The maximum Gasteiger partial charge on any atom is 0.334 e. The van der Waals surface area contributed by atoms with Gasteiger partial charge >= 0.3 is 12.0 Å². The fourth-order valence-electron chi connectivity index (χ4n) is 1.95. The summed E-state index contributed by atoms with van der Waals surface area (Å²) in [6.45, 7) is 1.26. The number of urea groups is 1. The third-order valence-corrected chi connectivity index (χ3v) is 4.64. The van der Waals surface area contributed by atoms with Gasteiger partial charge in [0.2, 0.25) is 0 Å². The number of amides is 2. The third kappa shape index (κ3) is 3.71. The van der Waals surface area contributed by atoms with Crippen molar-refractivity contribution in [2.75, 3.05) is 26.7 Å². The molecule has 8 heteroatoms. The van der Waals surface area contributed by atoms with Crippen LogP contribution in [0.2, 0.25) is 0 Å². The summed E-state index contributed by atoms with van der Waals surface area (Å²) in [5.41, 5.74) is 0. The average Bonchev–Trinajstić information content (AvgIpc) is 2.83. The van der Waals surface area contributed by atoms with Crippen LogP contribution in [0.1, 0.15) is 4.88 Å². The van der Waals surface area contributed by atoms with E-state index in [1.54, 1.807) is 23.3 Å². The number of ether oxygens (including phenoxy) is 1. The quantitative estimate of drug-likeness (QED) is 0.890. The van der Waals surface area contributed by atoms with E-state index in [9.17, 15) is 9.59 Å². The first-order valence-corrected chi connectivity index (χ1v) is 7.72. The molecule has 2 amide bonds. The maximum atomic E-state index is 12.3. The molecule has 1 aromatic heterocycles. The number of carbonyl (C=O) groups excluding carboxylic acids is 1. The molecule has 1 aromatic rings. The number of carbonyl (C=O) groups is 2. The first-order valence-electron chi connectivity index (χ1n) is 6.04. The van der Waals surface area contributed by atoms with E-state index in [1.165, 1.54) is 4.90 Å². The van der Waals surface area contributed by atoms with E-state index >= 15 is 0 Å². The second-order valence-corrected chi connectivity index (χ2v) is 6.43. The van der Waals surface area contributed by atoms with Crippen LogP contribution in [0.3, 0.4) is 0 Å². The zero-order valence-corrected chi connectivity index (χ0v) is 13.3. The summed E-state index contributed by atoms with van der Waals surface area (Å²) in [7, 11) is 1.71. The fourth-order valence-corrected chi connectivity index (χ4v) is 3.46. The molecule has 0 bridgehead atoms. The number of hydrogen-bond acceptors (Lipinski definition) is 4. The Morgan fingerprint density at radius 3 is 3.00 bits per heavy atom. The molecule has 0 radical (unpaired) electrons. The Hall–Kier alpha value is -1.12. The Labute approximate surface area is 129 Å². The Morgan fingerprint density at radius 1 is 1.65 bits per heavy atom. The number of carboxylic acid groups (broad SMARTS) is 1. The van der Waals surface area contributed by atoms with Gasteiger partial charge in [0, 0.05) is 28.3 Å². The van der Waals surface area contributed by atoms with E-state index < -0.39 is 12.1 Å². The first-order chi connectivity index (χ1) is 9.47. The zero-order valence-electron chi connectivity index (χ0n) is 10.9. The monoisotopic (exact) mass is 362 g/mol. The minimum Gasteiger partial charge on any atom is -0.479 e. The molecule has 1 fully saturated rings. The van der Waals surface area contributed by atoms with Crippen LogP contribution in [0.15, 0.2) is 15.9 Å². The molecule has 1 aliphatic heterocycles. The van der Waals surface area contributed by atoms with Gasteiger partial charge in [0.15, 0.2) is 6.10 Å². The highest BCUT2D eigenvalue weighted by atomic mass is 79.9. The molecular weight excluding hydrogens is 348 g/mol. The van der Waals surface area contributed by atoms with Gasteiger partial charge in [0.1, 0.15) is 0 Å². The predicted octanol–water partition coefficient (Wildman–Crippen LogP) is 1.85. The number of halogens is 1. The van der Waals surface area contributed by atoms with Crippen molar-refractivity contribution >= 4 is 39.3 Å². The van der Waals surface area contributed by atoms with Crippen LogP contribution >= 0.6 is 27.3 Å². The number of morpholine rings is 1. The molecule has 20 heavy (non-hydrogen) atoms. The lowest BCUT2D eigenvalue weighted by Crippen LogP contribution is -2.51. The van der Waals surface area contributed by atoms with Gasteiger partial charge in [-0.3, -0.25) is 0 Å². The Balaban J connectivity index is 1.94. The Kier molecular flexibility index (Phi) is 5.00. The third-order valence-electron chi connectivity index (χ3n) is 2.95. The molecule has 0 aliphatic carbocycles. The van der Waals surface area contributed by atoms with Gasteiger partial charge in [-0.1, -0.05) is 0 Å². The van der Waals surface area contributed by atoms with Crippen molar-refractivity contribution in [3.05, 3.63) is 20.8 Å². The standard InChI is InChI=1S/C12H15BrN2O4S/c1-14(5-9-4-8(13)7-20-9)12(18)15-2-3-19-10(6-15)11(16)17/h4,7,10H,2-3,5-6H2,1H3,(H,16,17). The molecule has 1 N–H and O–H groups in total. The van der Waals surface area contributed by atoms with Crippen molar-refractivity contribution in [3.8, 4) is 0 Å². The SMILES string of the molecule is CN(Cc1cc(Br)cs1)C(=O)N1CCOC(C(=O)O)C1. The van der Waals surface area contributed by atoms with E-state index in [0.717, 1.165) is 9.35 Å². The molecule has 2 heterocycles. The van der Waals surface area contributed by atoms with Crippen LogP contribution in [0.4, 0.5) is 4.79 Å². The highest BCUT2D eigenvalue weighted by Crippen LogP contribution is 2.21. The number of rotatable bonds is 3. The smallest absolute Gasteiger partial charge is 0.334 e. The summed E-state index contributed by atoms with van der Waals surface area (Å²) in [5.74, 6) is -1.03. The summed E-state index contributed by atoms with van der Waals surface area (Å²) >= 11 is 4.94. The number of thiophene rings is 1. The van der Waals surface area contributed by atoms with E-state index in [4.69, 9.17) is 9.84 Å². The second-order valence-electron chi connectivity index (χ2n) is 4.51. The molecule has 110 valence electrons. The number of nitrogens with zero attached hydrogens (tertiary/aromatic N) is 2. The van der Waals surface area contributed by atoms with Crippen molar-refractivity contribution in [3.63, 3.8) is 0 Å². The largest absolute Gasteiger partial charge is 0.479 e. The predicted molar refractivity (Wildman–Crippen MR) is 77.8 cm³/mol. The van der Waals surface area contributed by atoms with E-state index in [2.05, 4.69) is 15.9 Å². The van der Waals surface area contributed by atoms with Crippen LogP contribution in [0.5, 0.6) is 0 Å². The van der Waals surface area contributed by atoms with Crippen LogP contribution in [0, 0.1) is 0 Å². The molecule has 1 saturated heterocycles. The summed E-state index contributed by atoms with van der Waals surface area (Å²) in [6.07, 6.45) is -0.933. The van der Waals surface area contributed by atoms with Crippen LogP contribution in [0.25, 0.3) is 0 Å². The van der Waals surface area contributed by atoms with Gasteiger partial charge in [0.25, 0.3) is 0 Å². The summed E-state index contributed by atoms with van der Waals surface area (Å²) in [4.78, 5) is 27.3. The van der Waals surface area contributed by atoms with E-state index in [1.807, 2.05) is 11.4 Å². The zero-order chi connectivity index (χ0) is 14.7. The minimum atomic E-state index is -1.03. The first kappa shape index (κ1) is 15.3. The van der Waals surface area contributed by atoms with Crippen molar-refractivity contribution in [2.24, 2.45) is 0 Å². The Bertz CT molecular complexity index is 507. The lowest BCUT2D eigenvalue weighted by atomic mass is 10.3. The van der Waals surface area contributed by atoms with Crippen molar-refractivity contribution in [1.82, 2.24) is 9.80 Å². The normalized spacial score (nSPS) is 18.9. The molecular formula is C12H15BrN2O4S. The average molecular weight is 363 g/mol. The molecule has 1 aliphatic rings. The van der Waals surface area contributed by atoms with Crippen molar-refractivity contribution in [1.29, 1.82) is 0 Å². The van der Waals surface area contributed by atoms with Crippen LogP contribution < -0.4 is 0 Å². The van der Waals surface area contributed by atoms with Gasteiger partial charge < -0.3 is 19.6 Å². The van der Waals surface area contributed by atoms with Crippen molar-refractivity contribution in [2.45, 2.75) is 12.6 Å². The second kappa shape index (κ2) is 6.55. The van der Waals surface area contributed by atoms with Gasteiger partial charge in [-0.05, 0) is 22.0 Å². The van der Waals surface area contributed by atoms with Gasteiger partial charge in [-0.15, -0.1) is 11.3 Å². The Morgan fingerprint density at radius 2 is 2.40 bits per heavy atom. The molecule has 1 atom stereocenters. The minimum absolute atomic E-state index is 0.0899. The maximum absolute atomic E-state index is 12.3. The summed E-state index contributed by atoms with van der Waals surface area (Å²) in [6, 6.07) is 1.79. The van der Waals surface area contributed by atoms with Gasteiger partial charge in [-0.25, -0.2) is 9.59 Å². The van der Waals surface area contributed by atoms with Gasteiger partial charge in [0.05, 0.1) is 19.7 Å². The molecule has 1 unspecified atom stereocenters. The van der Waals surface area contributed by atoms with Crippen molar-refractivity contribution < 1.29 is 19.4 Å². The van der Waals surface area contributed by atoms with E-state index in [0.29, 0.717) is 13.1 Å². The van der Waals surface area contributed by atoms with Crippen LogP contribution in [-0.4, -0.2) is 59.8 Å². The lowest BCUT2D eigenvalue weighted by Gasteiger charge is -2.33. The number of carboxylic acids is 1. The van der Waals surface area contributed by atoms with Gasteiger partial charge in [-0.2, -0.15) is 0 Å². The highest BCUT2D eigenvalue weighted by Gasteiger charge is 2.30. The summed E-state index contributed by atoms with van der Waals surface area (Å²) in [5, 5.41) is 10.9. The number of aliphatic carboxylic acids is 1. The lowest BCUT2D eigenvalue weighted by molar-refractivity contribution is -0.154. The molecule has 0 saturated carbocycles. The highest BCUT2D eigenvalue weighted by molar-refractivity contribution is 9.10. The molecule has 0 aromatic carbocycles.